The van der Waals surface area contributed by atoms with Gasteiger partial charge in [0.05, 0.1) is 0 Å². The summed E-state index contributed by atoms with van der Waals surface area (Å²) in [5.74, 6) is -1.94. The molecule has 48 valence electrons. The Bertz CT molecular complexity index is 59.5. The largest absolute Gasteiger partial charge is 0.361 e. The molecule has 0 amide bonds. The third-order valence-corrected chi connectivity index (χ3v) is 0.534. The molecule has 0 radical (unpaired) electrons. The van der Waals surface area contributed by atoms with Gasteiger partial charge in [0.15, 0.2) is 5.85 Å². The summed E-state index contributed by atoms with van der Waals surface area (Å²) in [5.41, 5.74) is 19.2. The van der Waals surface area contributed by atoms with E-state index in [2.05, 4.69) is 0 Å². The van der Waals surface area contributed by atoms with Crippen LogP contribution < -0.4 is 22.9 Å². The van der Waals surface area contributed by atoms with E-state index in [1.165, 1.54) is 0 Å². The van der Waals surface area contributed by atoms with Gasteiger partial charge in [0.25, 0.3) is 0 Å². The first kappa shape index (κ1) is 11.3. The predicted octanol–water partition coefficient (Wildman–Crippen LogP) is -3.21. The van der Waals surface area contributed by atoms with Crippen LogP contribution in [0.2, 0.25) is 0 Å². The summed E-state index contributed by atoms with van der Waals surface area (Å²) in [6.07, 6.45) is -1.09. The van der Waals surface area contributed by atoms with Crippen LogP contribution in [0.15, 0.2) is 0 Å². The molecular weight excluding hydrogens is 144 g/mol. The summed E-state index contributed by atoms with van der Waals surface area (Å²) in [6.45, 7) is 0. The summed E-state index contributed by atoms with van der Waals surface area (Å²) in [6, 6.07) is 0. The van der Waals surface area contributed by atoms with E-state index in [1.54, 1.807) is 0 Å². The summed E-state index contributed by atoms with van der Waals surface area (Å²) in [7, 11) is 0. The van der Waals surface area contributed by atoms with E-state index in [0.29, 0.717) is 0 Å². The number of nitrogens with two attached hydrogens (primary N) is 4. The predicted molar refractivity (Wildman–Crippen MR) is 25.5 cm³/mol. The van der Waals surface area contributed by atoms with E-state index >= 15 is 0 Å². The molecule has 0 rings (SSSR count). The second kappa shape index (κ2) is 3.52. The Labute approximate surface area is 62.3 Å². The van der Waals surface area contributed by atoms with Crippen LogP contribution >= 0.6 is 0 Å². The van der Waals surface area contributed by atoms with Crippen molar-refractivity contribution in [2.45, 2.75) is 12.0 Å². The average molecular weight is 154 g/mol. The van der Waals surface area contributed by atoms with E-state index < -0.39 is 12.0 Å². The van der Waals surface area contributed by atoms with E-state index in [-0.39, 0.29) is 21.7 Å². The topological polar surface area (TPSA) is 124 Å². The van der Waals surface area contributed by atoms with Gasteiger partial charge in [0, 0.05) is 21.7 Å². The van der Waals surface area contributed by atoms with E-state index in [4.69, 9.17) is 28.0 Å². The fourth-order valence-electron chi connectivity index (χ4n) is 0. The van der Waals surface area contributed by atoms with Crippen molar-refractivity contribution in [1.82, 2.24) is 0 Å². The van der Waals surface area contributed by atoms with Crippen LogP contribution in [-0.4, -0.2) is 17.1 Å². The Morgan fingerprint density at radius 3 is 1.38 bits per heavy atom. The van der Waals surface area contributed by atoms with Crippen molar-refractivity contribution in [3.8, 4) is 0 Å². The van der Waals surface area contributed by atoms with Crippen LogP contribution in [0.3, 0.4) is 0 Å². The Balaban J connectivity index is 0. The molecule has 0 saturated carbocycles. The summed E-state index contributed by atoms with van der Waals surface area (Å²) >= 11 is 0. The zero-order valence-corrected chi connectivity index (χ0v) is 5.90. The maximum Gasteiger partial charge on any atom is 0.196 e. The molecule has 0 unspecified atom stereocenters. The molecule has 6 heteroatoms. The Hall–Kier alpha value is 0.514. The molecule has 0 aliphatic heterocycles. The molecular formula is C2H10N4OTi. The van der Waals surface area contributed by atoms with Gasteiger partial charge in [-0.1, -0.05) is 0 Å². The molecule has 0 spiro atoms. The average Bonchev–Trinajstić information content (AvgIpc) is 1.31. The molecule has 0 bridgehead atoms. The Kier molecular flexibility index (Phi) is 4.99. The Morgan fingerprint density at radius 2 is 1.38 bits per heavy atom. The van der Waals surface area contributed by atoms with Crippen molar-refractivity contribution in [2.75, 3.05) is 0 Å². The standard InChI is InChI=1S/C2H10N4O.Ti/c3-1(4)2(5,6)7;/h1,7H,3-6H2;. The first-order valence-corrected chi connectivity index (χ1v) is 1.76. The molecule has 8 heavy (non-hydrogen) atoms. The third kappa shape index (κ3) is 4.67. The number of hydrogen-bond donors (Lipinski definition) is 5. The fraction of sp³-hybridized carbons (Fsp3) is 1.00. The van der Waals surface area contributed by atoms with Gasteiger partial charge in [-0.15, -0.1) is 0 Å². The van der Waals surface area contributed by atoms with Crippen LogP contribution in [0.1, 0.15) is 0 Å². The van der Waals surface area contributed by atoms with Gasteiger partial charge < -0.3 is 16.6 Å². The normalized spacial score (nSPS) is 11.2. The van der Waals surface area contributed by atoms with Crippen LogP contribution in [0.4, 0.5) is 0 Å². The molecule has 0 aliphatic carbocycles. The van der Waals surface area contributed by atoms with Crippen molar-refractivity contribution in [3.63, 3.8) is 0 Å². The molecule has 0 aromatic heterocycles. The minimum Gasteiger partial charge on any atom is -0.361 e. The van der Waals surface area contributed by atoms with Crippen LogP contribution in [0.5, 0.6) is 0 Å². The number of hydrogen-bond acceptors (Lipinski definition) is 5. The molecule has 5 nitrogen and oxygen atoms in total. The maximum atomic E-state index is 8.40. The molecule has 0 aromatic carbocycles. The quantitative estimate of drug-likeness (QED) is 0.201. The van der Waals surface area contributed by atoms with Gasteiger partial charge in [-0.05, 0) is 0 Å². The third-order valence-electron chi connectivity index (χ3n) is 0.534. The first-order chi connectivity index (χ1) is 2.94. The van der Waals surface area contributed by atoms with Gasteiger partial charge >= 0.3 is 0 Å². The van der Waals surface area contributed by atoms with Crippen LogP contribution in [-0.2, 0) is 21.7 Å². The minimum atomic E-state index is -1.94. The van der Waals surface area contributed by atoms with E-state index in [0.717, 1.165) is 0 Å². The zero-order chi connectivity index (χ0) is 6.08. The molecule has 0 fully saturated rings. The second-order valence-electron chi connectivity index (χ2n) is 1.41. The molecule has 0 saturated heterocycles. The van der Waals surface area contributed by atoms with Crippen molar-refractivity contribution in [2.24, 2.45) is 22.9 Å². The van der Waals surface area contributed by atoms with Gasteiger partial charge in [0.2, 0.25) is 0 Å². The van der Waals surface area contributed by atoms with Gasteiger partial charge in [-0.3, -0.25) is 11.5 Å². The SMILES string of the molecule is NC(N)C(N)(N)O.[Ti]. The van der Waals surface area contributed by atoms with Crippen LogP contribution in [0.25, 0.3) is 0 Å². The first-order valence-electron chi connectivity index (χ1n) is 1.76. The monoisotopic (exact) mass is 154 g/mol. The van der Waals surface area contributed by atoms with Gasteiger partial charge in [-0.2, -0.15) is 0 Å². The molecule has 0 aliphatic rings. The molecule has 9 N–H and O–H groups in total. The maximum absolute atomic E-state index is 8.40. The van der Waals surface area contributed by atoms with Gasteiger partial charge in [0.1, 0.15) is 6.17 Å². The van der Waals surface area contributed by atoms with Crippen molar-refractivity contribution >= 4 is 0 Å². The number of rotatable bonds is 1. The Morgan fingerprint density at radius 1 is 1.25 bits per heavy atom. The molecule has 0 atom stereocenters. The van der Waals surface area contributed by atoms with E-state index in [9.17, 15) is 0 Å². The van der Waals surface area contributed by atoms with Crippen LogP contribution in [0, 0.1) is 0 Å². The number of aliphatic hydroxyl groups is 1. The summed E-state index contributed by atoms with van der Waals surface area (Å²) in [5, 5.41) is 8.40. The smallest absolute Gasteiger partial charge is 0.196 e. The van der Waals surface area contributed by atoms with Crippen molar-refractivity contribution in [1.29, 1.82) is 0 Å². The zero-order valence-electron chi connectivity index (χ0n) is 4.33. The van der Waals surface area contributed by atoms with E-state index in [1.807, 2.05) is 0 Å². The van der Waals surface area contributed by atoms with Crippen molar-refractivity contribution < 1.29 is 26.8 Å². The summed E-state index contributed by atoms with van der Waals surface area (Å²) in [4.78, 5) is 0. The summed E-state index contributed by atoms with van der Waals surface area (Å²) < 4.78 is 0. The van der Waals surface area contributed by atoms with Crippen molar-refractivity contribution in [3.05, 3.63) is 0 Å². The van der Waals surface area contributed by atoms with Gasteiger partial charge in [-0.25, -0.2) is 0 Å². The molecule has 0 heterocycles. The second-order valence-corrected chi connectivity index (χ2v) is 1.41. The molecule has 0 aromatic rings. The minimum absolute atomic E-state index is 0. The fourth-order valence-corrected chi connectivity index (χ4v) is 0.